The number of piperidine rings is 1. The highest BCUT2D eigenvalue weighted by Gasteiger charge is 2.21. The van der Waals surface area contributed by atoms with E-state index in [1.165, 1.54) is 0 Å². The molecule has 3 heterocycles. The third-order valence-corrected chi connectivity index (χ3v) is 4.93. The minimum Gasteiger partial charge on any atom is -0.354 e. The monoisotopic (exact) mass is 342 g/mol. The molecule has 1 atom stereocenters. The number of aryl methyl sites for hydroxylation is 2. The van der Waals surface area contributed by atoms with E-state index in [2.05, 4.69) is 20.4 Å². The van der Waals surface area contributed by atoms with Gasteiger partial charge < -0.3 is 10.2 Å². The van der Waals surface area contributed by atoms with Gasteiger partial charge in [-0.1, -0.05) is 0 Å². The molecular weight excluding hydrogens is 316 g/mol. The minimum absolute atomic E-state index is 0.158. The fourth-order valence-electron chi connectivity index (χ4n) is 3.48. The molecule has 1 aliphatic rings. The van der Waals surface area contributed by atoms with Crippen molar-refractivity contribution in [3.05, 3.63) is 23.7 Å². The molecule has 1 amide bonds. The summed E-state index contributed by atoms with van der Waals surface area (Å²) in [5, 5.41) is 7.80. The van der Waals surface area contributed by atoms with Gasteiger partial charge in [0, 0.05) is 51.1 Å². The summed E-state index contributed by atoms with van der Waals surface area (Å²) < 4.78 is 1.87. The highest BCUT2D eigenvalue weighted by molar-refractivity contribution is 5.73. The number of hydrogen-bond acceptors (Lipinski definition) is 5. The quantitative estimate of drug-likeness (QED) is 0.921. The maximum atomic E-state index is 11.6. The van der Waals surface area contributed by atoms with Gasteiger partial charge in [0.25, 0.3) is 0 Å². The molecule has 7 nitrogen and oxygen atoms in total. The second kappa shape index (κ2) is 7.21. The molecule has 1 aliphatic heterocycles. The van der Waals surface area contributed by atoms with Crippen LogP contribution in [0.3, 0.4) is 0 Å². The molecule has 0 radical (unpaired) electrons. The van der Waals surface area contributed by atoms with Crippen molar-refractivity contribution in [3.63, 3.8) is 0 Å². The predicted molar refractivity (Wildman–Crippen MR) is 97.2 cm³/mol. The van der Waals surface area contributed by atoms with Crippen LogP contribution in [0.1, 0.15) is 31.2 Å². The molecule has 0 saturated carbocycles. The molecule has 0 spiro atoms. The number of carbonyl (C=O) groups excluding carboxylic acids is 1. The Morgan fingerprint density at radius 2 is 2.20 bits per heavy atom. The van der Waals surface area contributed by atoms with Crippen LogP contribution in [-0.4, -0.2) is 50.2 Å². The van der Waals surface area contributed by atoms with E-state index in [1.807, 2.05) is 36.5 Å². The summed E-state index contributed by atoms with van der Waals surface area (Å²) in [7, 11) is 1.94. The van der Waals surface area contributed by atoms with E-state index in [4.69, 9.17) is 0 Å². The van der Waals surface area contributed by atoms with Gasteiger partial charge in [0.1, 0.15) is 0 Å². The van der Waals surface area contributed by atoms with Crippen LogP contribution in [-0.2, 0) is 11.8 Å². The van der Waals surface area contributed by atoms with Gasteiger partial charge in [0.15, 0.2) is 0 Å². The van der Waals surface area contributed by atoms with Crippen molar-refractivity contribution in [1.29, 1.82) is 0 Å². The predicted octanol–water partition coefficient (Wildman–Crippen LogP) is 2.16. The summed E-state index contributed by atoms with van der Waals surface area (Å²) in [4.78, 5) is 22.5. The Morgan fingerprint density at radius 1 is 1.40 bits per heavy atom. The molecule has 2 aromatic heterocycles. The van der Waals surface area contributed by atoms with Crippen LogP contribution in [0, 0.1) is 19.8 Å². The molecule has 0 aliphatic carbocycles. The number of anilines is 1. The van der Waals surface area contributed by atoms with E-state index < -0.39 is 0 Å². The SMILES string of the molecule is CC(=O)N1CCC[C@H](CNc2nccc(-c3c(C)nn(C)c3C)n2)C1. The molecule has 1 N–H and O–H groups in total. The maximum absolute atomic E-state index is 11.6. The first-order chi connectivity index (χ1) is 12.0. The lowest BCUT2D eigenvalue weighted by atomic mass is 9.98. The Morgan fingerprint density at radius 3 is 2.88 bits per heavy atom. The third-order valence-electron chi connectivity index (χ3n) is 4.93. The van der Waals surface area contributed by atoms with Gasteiger partial charge in [-0.15, -0.1) is 0 Å². The third kappa shape index (κ3) is 3.81. The fraction of sp³-hybridized carbons (Fsp3) is 0.556. The number of aromatic nitrogens is 4. The first-order valence-corrected chi connectivity index (χ1v) is 8.78. The topological polar surface area (TPSA) is 75.9 Å². The highest BCUT2D eigenvalue weighted by Crippen LogP contribution is 2.25. The molecule has 3 rings (SSSR count). The summed E-state index contributed by atoms with van der Waals surface area (Å²) in [5.74, 6) is 1.22. The minimum atomic E-state index is 0.158. The number of amides is 1. The van der Waals surface area contributed by atoms with E-state index >= 15 is 0 Å². The number of carbonyl (C=O) groups is 1. The average molecular weight is 342 g/mol. The molecule has 0 unspecified atom stereocenters. The standard InChI is InChI=1S/C18H26N6O/c1-12-17(13(2)23(4)22-12)16-7-8-19-18(21-16)20-10-15-6-5-9-24(11-15)14(3)25/h7-8,15H,5-6,9-11H2,1-4H3,(H,19,20,21)/t15-/m1/s1. The van der Waals surface area contributed by atoms with Crippen molar-refractivity contribution >= 4 is 11.9 Å². The zero-order valence-electron chi connectivity index (χ0n) is 15.4. The van der Waals surface area contributed by atoms with Crippen LogP contribution in [0.5, 0.6) is 0 Å². The summed E-state index contributed by atoms with van der Waals surface area (Å²) >= 11 is 0. The van der Waals surface area contributed by atoms with Crippen molar-refractivity contribution in [2.24, 2.45) is 13.0 Å². The van der Waals surface area contributed by atoms with E-state index in [0.717, 1.165) is 55.1 Å². The van der Waals surface area contributed by atoms with Crippen molar-refractivity contribution in [1.82, 2.24) is 24.6 Å². The van der Waals surface area contributed by atoms with Gasteiger partial charge in [-0.25, -0.2) is 9.97 Å². The zero-order chi connectivity index (χ0) is 18.0. The van der Waals surface area contributed by atoms with E-state index in [0.29, 0.717) is 11.9 Å². The van der Waals surface area contributed by atoms with Crippen LogP contribution < -0.4 is 5.32 Å². The number of rotatable bonds is 4. The van der Waals surface area contributed by atoms with Crippen LogP contribution in [0.4, 0.5) is 5.95 Å². The molecule has 25 heavy (non-hydrogen) atoms. The van der Waals surface area contributed by atoms with Gasteiger partial charge >= 0.3 is 0 Å². The second-order valence-corrected chi connectivity index (χ2v) is 6.79. The zero-order valence-corrected chi connectivity index (χ0v) is 15.4. The largest absolute Gasteiger partial charge is 0.354 e. The Hall–Kier alpha value is -2.44. The Kier molecular flexibility index (Phi) is 5.01. The van der Waals surface area contributed by atoms with Gasteiger partial charge in [-0.05, 0) is 38.7 Å². The second-order valence-electron chi connectivity index (χ2n) is 6.79. The van der Waals surface area contributed by atoms with E-state index in [-0.39, 0.29) is 5.91 Å². The Bertz CT molecular complexity index is 769. The first-order valence-electron chi connectivity index (χ1n) is 8.78. The molecule has 134 valence electrons. The summed E-state index contributed by atoms with van der Waals surface area (Å²) in [5.41, 5.74) is 4.00. The van der Waals surface area contributed by atoms with Crippen LogP contribution in [0.2, 0.25) is 0 Å². The Labute approximate surface area is 148 Å². The molecule has 1 saturated heterocycles. The first kappa shape index (κ1) is 17.4. The maximum Gasteiger partial charge on any atom is 0.223 e. The van der Waals surface area contributed by atoms with E-state index in [9.17, 15) is 4.79 Å². The van der Waals surface area contributed by atoms with Gasteiger partial charge in [0.2, 0.25) is 11.9 Å². The van der Waals surface area contributed by atoms with Crippen molar-refractivity contribution in [3.8, 4) is 11.3 Å². The van der Waals surface area contributed by atoms with Gasteiger partial charge in [-0.3, -0.25) is 9.48 Å². The molecule has 7 heteroatoms. The average Bonchev–Trinajstić information content (AvgIpc) is 2.86. The molecule has 0 aromatic carbocycles. The number of hydrogen-bond donors (Lipinski definition) is 1. The van der Waals surface area contributed by atoms with Crippen LogP contribution in [0.15, 0.2) is 12.3 Å². The van der Waals surface area contributed by atoms with Gasteiger partial charge in [-0.2, -0.15) is 5.10 Å². The van der Waals surface area contributed by atoms with Crippen LogP contribution >= 0.6 is 0 Å². The number of likely N-dealkylation sites (tertiary alicyclic amines) is 1. The van der Waals surface area contributed by atoms with Crippen molar-refractivity contribution < 1.29 is 4.79 Å². The summed E-state index contributed by atoms with van der Waals surface area (Å²) in [6.45, 7) is 8.14. The normalized spacial score (nSPS) is 17.6. The van der Waals surface area contributed by atoms with Crippen molar-refractivity contribution in [2.75, 3.05) is 25.0 Å². The summed E-state index contributed by atoms with van der Waals surface area (Å²) in [6.07, 6.45) is 3.96. The highest BCUT2D eigenvalue weighted by atomic mass is 16.2. The van der Waals surface area contributed by atoms with E-state index in [1.54, 1.807) is 13.1 Å². The summed E-state index contributed by atoms with van der Waals surface area (Å²) in [6, 6.07) is 1.92. The Balaban J connectivity index is 1.69. The lowest BCUT2D eigenvalue weighted by molar-refractivity contribution is -0.130. The number of nitrogens with one attached hydrogen (secondary N) is 1. The molecule has 0 bridgehead atoms. The molecule has 2 aromatic rings. The smallest absolute Gasteiger partial charge is 0.223 e. The fourth-order valence-corrected chi connectivity index (χ4v) is 3.48. The molecule has 1 fully saturated rings. The van der Waals surface area contributed by atoms with Crippen molar-refractivity contribution in [2.45, 2.75) is 33.6 Å². The molecular formula is C18H26N6O. The van der Waals surface area contributed by atoms with Crippen LogP contribution in [0.25, 0.3) is 11.3 Å². The number of nitrogens with zero attached hydrogens (tertiary/aromatic N) is 5. The van der Waals surface area contributed by atoms with Gasteiger partial charge in [0.05, 0.1) is 11.4 Å². The lowest BCUT2D eigenvalue weighted by Crippen LogP contribution is -2.40. The lowest BCUT2D eigenvalue weighted by Gasteiger charge is -2.32.